The second-order valence-electron chi connectivity index (χ2n) is 4.79. The summed E-state index contributed by atoms with van der Waals surface area (Å²) < 4.78 is 6.55. The van der Waals surface area contributed by atoms with Gasteiger partial charge in [-0.3, -0.25) is 0 Å². The third-order valence-electron chi connectivity index (χ3n) is 3.09. The predicted molar refractivity (Wildman–Crippen MR) is 78.0 cm³/mol. The lowest BCUT2D eigenvalue weighted by Gasteiger charge is -2.13. The van der Waals surface area contributed by atoms with Crippen molar-refractivity contribution in [2.75, 3.05) is 12.3 Å². The second-order valence-corrected chi connectivity index (χ2v) is 4.79. The number of rotatable bonds is 4. The molecule has 2 rings (SSSR count). The fourth-order valence-corrected chi connectivity index (χ4v) is 2.08. The summed E-state index contributed by atoms with van der Waals surface area (Å²) in [6, 6.07) is 7.87. The molecule has 0 fully saturated rings. The van der Waals surface area contributed by atoms with Gasteiger partial charge >= 0.3 is 5.97 Å². The van der Waals surface area contributed by atoms with Crippen LogP contribution in [0, 0.1) is 0 Å². The fraction of sp³-hybridized carbons (Fsp3) is 0.333. The summed E-state index contributed by atoms with van der Waals surface area (Å²) >= 11 is 0. The number of hydrogen-bond donors (Lipinski definition) is 1. The summed E-state index contributed by atoms with van der Waals surface area (Å²) in [5.74, 6) is 0.190. The number of hydrogen-bond acceptors (Lipinski definition) is 4. The van der Waals surface area contributed by atoms with Crippen LogP contribution in [0.3, 0.4) is 0 Å². The number of anilines is 1. The molecule has 0 bridgehead atoms. The van der Waals surface area contributed by atoms with Crippen molar-refractivity contribution in [1.29, 1.82) is 0 Å². The molecule has 0 atom stereocenters. The Morgan fingerprint density at radius 2 is 2.10 bits per heavy atom. The highest BCUT2D eigenvalue weighted by atomic mass is 16.5. The Kier molecular flexibility index (Phi) is 4.08. The number of carbonyl (C=O) groups is 1. The highest BCUT2D eigenvalue weighted by Crippen LogP contribution is 2.25. The molecule has 2 aromatic rings. The van der Waals surface area contributed by atoms with Crippen molar-refractivity contribution in [3.05, 3.63) is 41.6 Å². The Morgan fingerprint density at radius 1 is 1.40 bits per heavy atom. The minimum Gasteiger partial charge on any atom is -0.462 e. The van der Waals surface area contributed by atoms with Gasteiger partial charge in [-0.25, -0.2) is 9.48 Å². The lowest BCUT2D eigenvalue weighted by atomic mass is 10.0. The van der Waals surface area contributed by atoms with Crippen LogP contribution in [0.1, 0.15) is 42.6 Å². The van der Waals surface area contributed by atoms with Gasteiger partial charge < -0.3 is 10.5 Å². The van der Waals surface area contributed by atoms with Gasteiger partial charge in [0.1, 0.15) is 11.4 Å². The molecule has 1 aromatic carbocycles. The zero-order valence-corrected chi connectivity index (χ0v) is 12.0. The van der Waals surface area contributed by atoms with Crippen LogP contribution < -0.4 is 5.73 Å². The highest BCUT2D eigenvalue weighted by Gasteiger charge is 2.18. The van der Waals surface area contributed by atoms with Gasteiger partial charge in [-0.1, -0.05) is 32.0 Å². The molecule has 2 N–H and O–H groups in total. The maximum atomic E-state index is 11.8. The van der Waals surface area contributed by atoms with E-state index < -0.39 is 5.97 Å². The maximum Gasteiger partial charge on any atom is 0.343 e. The number of nitrogens with two attached hydrogens (primary N) is 1. The number of carbonyl (C=O) groups excluding carboxylic acids is 1. The molecule has 1 heterocycles. The van der Waals surface area contributed by atoms with Gasteiger partial charge in [0, 0.05) is 0 Å². The zero-order valence-electron chi connectivity index (χ0n) is 12.0. The maximum absolute atomic E-state index is 11.8. The molecule has 0 unspecified atom stereocenters. The Balaban J connectivity index is 2.48. The molecule has 0 radical (unpaired) electrons. The number of esters is 1. The van der Waals surface area contributed by atoms with Crippen molar-refractivity contribution in [2.45, 2.75) is 26.7 Å². The number of nitrogen functional groups attached to an aromatic ring is 1. The Hall–Kier alpha value is -2.30. The molecule has 20 heavy (non-hydrogen) atoms. The standard InChI is InChI=1S/C15H19N3O2/c1-4-20-15(19)12-9-17-18(14(12)16)13-8-6-5-7-11(13)10(2)3/h5-10H,4,16H2,1-3H3. The number of ether oxygens (including phenoxy) is 1. The molecule has 5 nitrogen and oxygen atoms in total. The van der Waals surface area contributed by atoms with Crippen molar-refractivity contribution in [1.82, 2.24) is 9.78 Å². The van der Waals surface area contributed by atoms with E-state index in [2.05, 4.69) is 18.9 Å². The van der Waals surface area contributed by atoms with E-state index in [-0.39, 0.29) is 0 Å². The summed E-state index contributed by atoms with van der Waals surface area (Å²) in [5.41, 5.74) is 8.34. The van der Waals surface area contributed by atoms with E-state index in [1.807, 2.05) is 24.3 Å². The molecule has 0 saturated carbocycles. The van der Waals surface area contributed by atoms with E-state index in [1.54, 1.807) is 11.6 Å². The van der Waals surface area contributed by atoms with Gasteiger partial charge in [0.2, 0.25) is 0 Å². The van der Waals surface area contributed by atoms with Crippen LogP contribution >= 0.6 is 0 Å². The van der Waals surface area contributed by atoms with Crippen molar-refractivity contribution < 1.29 is 9.53 Å². The molecule has 5 heteroatoms. The first kappa shape index (κ1) is 14.1. The molecule has 0 aliphatic rings. The largest absolute Gasteiger partial charge is 0.462 e. The molecule has 0 saturated heterocycles. The molecule has 0 aliphatic carbocycles. The second kappa shape index (κ2) is 5.77. The van der Waals surface area contributed by atoms with Crippen LogP contribution in [0.5, 0.6) is 0 Å². The van der Waals surface area contributed by atoms with E-state index in [0.717, 1.165) is 11.3 Å². The average molecular weight is 273 g/mol. The van der Waals surface area contributed by atoms with Gasteiger partial charge in [-0.2, -0.15) is 5.10 Å². The Morgan fingerprint density at radius 3 is 2.75 bits per heavy atom. The van der Waals surface area contributed by atoms with Gasteiger partial charge in [0.25, 0.3) is 0 Å². The molecule has 106 valence electrons. The predicted octanol–water partition coefficient (Wildman–Crippen LogP) is 2.75. The molecular formula is C15H19N3O2. The van der Waals surface area contributed by atoms with Crippen LogP contribution in [0.15, 0.2) is 30.5 Å². The van der Waals surface area contributed by atoms with Crippen LogP contribution in [0.25, 0.3) is 5.69 Å². The van der Waals surface area contributed by atoms with E-state index >= 15 is 0 Å². The monoisotopic (exact) mass is 273 g/mol. The van der Waals surface area contributed by atoms with Crippen molar-refractivity contribution >= 4 is 11.8 Å². The van der Waals surface area contributed by atoms with E-state index in [1.165, 1.54) is 6.20 Å². The summed E-state index contributed by atoms with van der Waals surface area (Å²) in [6.07, 6.45) is 1.45. The van der Waals surface area contributed by atoms with E-state index in [0.29, 0.717) is 23.9 Å². The van der Waals surface area contributed by atoms with Gasteiger partial charge in [-0.15, -0.1) is 0 Å². The van der Waals surface area contributed by atoms with E-state index in [9.17, 15) is 4.79 Å². The number of benzene rings is 1. The summed E-state index contributed by atoms with van der Waals surface area (Å²) in [4.78, 5) is 11.8. The highest BCUT2D eigenvalue weighted by molar-refractivity contribution is 5.94. The van der Waals surface area contributed by atoms with Crippen molar-refractivity contribution in [3.8, 4) is 5.69 Å². The van der Waals surface area contributed by atoms with E-state index in [4.69, 9.17) is 10.5 Å². The summed E-state index contributed by atoms with van der Waals surface area (Å²) in [7, 11) is 0. The number of aromatic nitrogens is 2. The summed E-state index contributed by atoms with van der Waals surface area (Å²) in [6.45, 7) is 6.27. The third kappa shape index (κ3) is 2.52. The summed E-state index contributed by atoms with van der Waals surface area (Å²) in [5, 5.41) is 4.22. The first-order valence-corrected chi connectivity index (χ1v) is 6.66. The van der Waals surface area contributed by atoms with Crippen LogP contribution in [0.2, 0.25) is 0 Å². The minimum absolute atomic E-state index is 0.297. The fourth-order valence-electron chi connectivity index (χ4n) is 2.08. The zero-order chi connectivity index (χ0) is 14.7. The first-order valence-electron chi connectivity index (χ1n) is 6.66. The molecule has 0 spiro atoms. The van der Waals surface area contributed by atoms with Crippen LogP contribution in [-0.2, 0) is 4.74 Å². The number of para-hydroxylation sites is 1. The molecule has 0 aliphatic heterocycles. The molecule has 1 aromatic heterocycles. The van der Waals surface area contributed by atoms with Crippen LogP contribution in [-0.4, -0.2) is 22.4 Å². The smallest absolute Gasteiger partial charge is 0.343 e. The van der Waals surface area contributed by atoms with Crippen LogP contribution in [0.4, 0.5) is 5.82 Å². The molecular weight excluding hydrogens is 254 g/mol. The van der Waals surface area contributed by atoms with Gasteiger partial charge in [0.15, 0.2) is 0 Å². The van der Waals surface area contributed by atoms with Gasteiger partial charge in [-0.05, 0) is 24.5 Å². The number of nitrogens with zero attached hydrogens (tertiary/aromatic N) is 2. The topological polar surface area (TPSA) is 70.1 Å². The van der Waals surface area contributed by atoms with Crippen molar-refractivity contribution in [3.63, 3.8) is 0 Å². The van der Waals surface area contributed by atoms with Gasteiger partial charge in [0.05, 0.1) is 18.5 Å². The Bertz CT molecular complexity index is 617. The Labute approximate surface area is 118 Å². The lowest BCUT2D eigenvalue weighted by molar-refractivity contribution is 0.0527. The normalized spacial score (nSPS) is 10.8. The third-order valence-corrected chi connectivity index (χ3v) is 3.09. The quantitative estimate of drug-likeness (QED) is 0.869. The molecule has 0 amide bonds. The lowest BCUT2D eigenvalue weighted by Crippen LogP contribution is -2.10. The SMILES string of the molecule is CCOC(=O)c1cnn(-c2ccccc2C(C)C)c1N. The average Bonchev–Trinajstić information content (AvgIpc) is 2.80. The van der Waals surface area contributed by atoms with Crippen molar-refractivity contribution in [2.24, 2.45) is 0 Å². The minimum atomic E-state index is -0.446. The first-order chi connectivity index (χ1) is 9.56.